The van der Waals surface area contributed by atoms with E-state index in [0.717, 1.165) is 22.7 Å². The molecule has 12 aromatic rings. The number of rotatable bonds is 5. The third kappa shape index (κ3) is 5.15. The Balaban J connectivity index is 1.25. The van der Waals surface area contributed by atoms with Gasteiger partial charge in [-0.3, -0.25) is 4.57 Å². The van der Waals surface area contributed by atoms with E-state index >= 15 is 0 Å². The fourth-order valence-electron chi connectivity index (χ4n) is 7.32. The molecule has 0 aliphatic rings. The molecule has 4 nitrogen and oxygen atoms in total. The van der Waals surface area contributed by atoms with Gasteiger partial charge in [-0.05, 0) is 52.5 Å². The highest BCUT2D eigenvalue weighted by molar-refractivity contribution is 7.26. The van der Waals surface area contributed by atoms with Crippen LogP contribution in [-0.2, 0) is 0 Å². The van der Waals surface area contributed by atoms with Crippen LogP contribution in [0, 0.1) is 0 Å². The largest absolute Gasteiger partial charge is 0.277 e. The second kappa shape index (κ2) is 12.8. The molecular formula is C51H30N4S2. The lowest BCUT2D eigenvalue weighted by molar-refractivity contribution is 0.955. The Morgan fingerprint density at radius 3 is 1.77 bits per heavy atom. The van der Waals surface area contributed by atoms with Crippen LogP contribution in [0.5, 0.6) is 0 Å². The first kappa shape index (κ1) is 20.8. The SMILES string of the molecule is [2H]c1c([2H])c(-c2ccccc2)c2c(sc3c([2H])c(-c4nc(-c5ccccc5)nc(-n5c6c([2H])c([2H])c([2H])c([2H])c6c6c([2H])c([2H])c7sc8c([2H])c(-c9ccccc9)c([2H])c([2H])c8c7c65)n4)c([2H])c([2H])c32)c1[2H]. The highest BCUT2D eigenvalue weighted by atomic mass is 32.1. The highest BCUT2D eigenvalue weighted by Gasteiger charge is 2.22. The summed E-state index contributed by atoms with van der Waals surface area (Å²) < 4.78 is 141. The lowest BCUT2D eigenvalue weighted by atomic mass is 9.99. The minimum atomic E-state index is -0.639. The van der Waals surface area contributed by atoms with Gasteiger partial charge in [-0.1, -0.05) is 151 Å². The summed E-state index contributed by atoms with van der Waals surface area (Å²) in [7, 11) is 0. The molecule has 0 bridgehead atoms. The fourth-order valence-corrected chi connectivity index (χ4v) is 9.36. The second-order valence-corrected chi connectivity index (χ2v) is 15.2. The van der Waals surface area contributed by atoms with E-state index in [0.29, 0.717) is 16.7 Å². The lowest BCUT2D eigenvalue weighted by Gasteiger charge is -2.12. The van der Waals surface area contributed by atoms with Crippen LogP contribution in [0.1, 0.15) is 20.6 Å². The number of benzene rings is 8. The maximum absolute atomic E-state index is 9.81. The summed E-state index contributed by atoms with van der Waals surface area (Å²) in [6.07, 6.45) is 0. The van der Waals surface area contributed by atoms with Gasteiger partial charge >= 0.3 is 0 Å². The van der Waals surface area contributed by atoms with E-state index in [2.05, 4.69) is 0 Å². The van der Waals surface area contributed by atoms with Crippen LogP contribution >= 0.6 is 22.7 Å². The molecule has 0 spiro atoms. The number of fused-ring (bicyclic) bond motifs is 10. The zero-order chi connectivity index (χ0) is 50.5. The van der Waals surface area contributed by atoms with E-state index in [1.807, 2.05) is 0 Å². The molecule has 6 heteroatoms. The molecule has 0 atom stereocenters. The minimum absolute atomic E-state index is 0.0117. The van der Waals surface area contributed by atoms with E-state index in [1.165, 1.54) is 4.57 Å². The first-order chi connectivity index (χ1) is 34.5. The molecule has 266 valence electrons. The number of hydrogen-bond acceptors (Lipinski definition) is 5. The van der Waals surface area contributed by atoms with Gasteiger partial charge < -0.3 is 0 Å². The molecule has 0 fully saturated rings. The first-order valence-electron chi connectivity index (χ1n) is 25.3. The number of thiophene rings is 2. The van der Waals surface area contributed by atoms with Crippen molar-refractivity contribution in [1.29, 1.82) is 0 Å². The molecule has 8 aromatic carbocycles. The van der Waals surface area contributed by atoms with Crippen molar-refractivity contribution in [3.05, 3.63) is 182 Å². The third-order valence-corrected chi connectivity index (χ3v) is 11.9. The lowest BCUT2D eigenvalue weighted by Crippen LogP contribution is -2.06. The van der Waals surface area contributed by atoms with Crippen molar-refractivity contribution in [1.82, 2.24) is 19.5 Å². The van der Waals surface area contributed by atoms with E-state index in [1.54, 1.807) is 91.0 Å². The van der Waals surface area contributed by atoms with Crippen LogP contribution in [0.15, 0.2) is 182 Å². The van der Waals surface area contributed by atoms with Gasteiger partial charge in [-0.2, -0.15) is 9.97 Å². The van der Waals surface area contributed by atoms with E-state index in [-0.39, 0.29) is 151 Å². The van der Waals surface area contributed by atoms with Crippen molar-refractivity contribution in [2.75, 3.05) is 0 Å². The van der Waals surface area contributed by atoms with Gasteiger partial charge in [0.1, 0.15) is 0 Å². The van der Waals surface area contributed by atoms with Crippen LogP contribution in [0.4, 0.5) is 0 Å². The Morgan fingerprint density at radius 1 is 0.421 bits per heavy atom. The maximum atomic E-state index is 9.81. The molecule has 0 unspecified atom stereocenters. The predicted molar refractivity (Wildman–Crippen MR) is 242 cm³/mol. The summed E-state index contributed by atoms with van der Waals surface area (Å²) in [4.78, 5) is 14.6. The van der Waals surface area contributed by atoms with E-state index in [4.69, 9.17) is 21.8 Å². The van der Waals surface area contributed by atoms with Crippen molar-refractivity contribution in [3.8, 4) is 51.0 Å². The molecule has 4 heterocycles. The molecule has 0 N–H and O–H groups in total. The Bertz CT molecular complexity index is 4390. The minimum Gasteiger partial charge on any atom is -0.277 e. The molecule has 0 aliphatic carbocycles. The van der Waals surface area contributed by atoms with Gasteiger partial charge in [0.15, 0.2) is 11.6 Å². The molecular weight excluding hydrogens is 733 g/mol. The van der Waals surface area contributed by atoms with E-state index in [9.17, 15) is 13.7 Å². The number of nitrogens with zero attached hydrogens (tertiary/aromatic N) is 4. The maximum Gasteiger partial charge on any atom is 0.238 e. The zero-order valence-electron chi connectivity index (χ0n) is 44.3. The van der Waals surface area contributed by atoms with E-state index < -0.39 is 36.3 Å². The predicted octanol–water partition coefficient (Wildman–Crippen LogP) is 14.4. The van der Waals surface area contributed by atoms with Crippen molar-refractivity contribution in [3.63, 3.8) is 0 Å². The molecule has 4 aromatic heterocycles. The smallest absolute Gasteiger partial charge is 0.238 e. The number of hydrogen-bond donors (Lipinski definition) is 0. The van der Waals surface area contributed by atoms with Crippen molar-refractivity contribution in [2.24, 2.45) is 0 Å². The van der Waals surface area contributed by atoms with Crippen LogP contribution < -0.4 is 0 Å². The van der Waals surface area contributed by atoms with Crippen molar-refractivity contribution >= 4 is 84.8 Å². The molecule has 0 saturated carbocycles. The van der Waals surface area contributed by atoms with Crippen LogP contribution in [0.25, 0.3) is 113 Å². The van der Waals surface area contributed by atoms with Crippen molar-refractivity contribution in [2.45, 2.75) is 0 Å². The Hall–Kier alpha value is -6.99. The Labute approximate surface area is 356 Å². The highest BCUT2D eigenvalue weighted by Crippen LogP contribution is 2.45. The Morgan fingerprint density at radius 2 is 1.02 bits per heavy atom. The van der Waals surface area contributed by atoms with Gasteiger partial charge in [-0.15, -0.1) is 22.7 Å². The zero-order valence-corrected chi connectivity index (χ0v) is 30.9. The summed E-state index contributed by atoms with van der Waals surface area (Å²) in [5.74, 6) is -0.624. The first-order valence-corrected chi connectivity index (χ1v) is 19.4. The normalized spacial score (nSPS) is 15.5. The van der Waals surface area contributed by atoms with Gasteiger partial charge in [-0.25, -0.2) is 4.98 Å². The molecule has 57 heavy (non-hydrogen) atoms. The molecule has 0 amide bonds. The Kier molecular flexibility index (Phi) is 4.66. The monoisotopic (exact) mass is 777 g/mol. The third-order valence-electron chi connectivity index (χ3n) is 9.88. The topological polar surface area (TPSA) is 43.6 Å². The summed E-state index contributed by atoms with van der Waals surface area (Å²) in [5, 5.41) is 0.345. The van der Waals surface area contributed by atoms with Crippen molar-refractivity contribution < 1.29 is 20.6 Å². The summed E-state index contributed by atoms with van der Waals surface area (Å²) in [6, 6.07) is 20.4. The summed E-state index contributed by atoms with van der Waals surface area (Å²) in [5.41, 5.74) is 1.51. The van der Waals surface area contributed by atoms with Gasteiger partial charge in [0, 0.05) is 62.2 Å². The average molecular weight is 778 g/mol. The second-order valence-electron chi connectivity index (χ2n) is 13.2. The van der Waals surface area contributed by atoms with Gasteiger partial charge in [0.05, 0.1) is 31.6 Å². The average Bonchev–Trinajstić information content (AvgIpc) is 4.10. The summed E-state index contributed by atoms with van der Waals surface area (Å²) >= 11 is 1.95. The molecule has 0 radical (unpaired) electrons. The number of aromatic nitrogens is 4. The standard InChI is InChI=1S/C51H30N4S2/c1-4-13-31(14-5-1)34-23-25-40-44(29-34)57-43-28-27-38-37-19-10-11-21-41(37)55(48(38)47(40)43)51-53-49(33-17-8-3-9-18-33)52-50(54-51)35-24-26-39-45(30-35)56-42-22-12-20-36(46(39)42)32-15-6-2-7-16-32/h1-30H/i10D,11D,12D,19D,20D,21D,22D,23D,24D,25D,26D,27D,28D,29D,30D. The van der Waals surface area contributed by atoms with Crippen LogP contribution in [-0.4, -0.2) is 19.5 Å². The number of para-hydroxylation sites is 1. The van der Waals surface area contributed by atoms with Gasteiger partial charge in [0.2, 0.25) is 5.95 Å². The molecule has 12 rings (SSSR count). The molecule has 0 aliphatic heterocycles. The fraction of sp³-hybridized carbons (Fsp3) is 0. The van der Waals surface area contributed by atoms with Gasteiger partial charge in [0.25, 0.3) is 0 Å². The summed E-state index contributed by atoms with van der Waals surface area (Å²) in [6.45, 7) is 0. The van der Waals surface area contributed by atoms with Crippen LogP contribution in [0.3, 0.4) is 0 Å². The quantitative estimate of drug-likeness (QED) is 0.175. The van der Waals surface area contributed by atoms with Crippen LogP contribution in [0.2, 0.25) is 0 Å². The molecule has 0 saturated heterocycles.